The monoisotopic (exact) mass is 316 g/mol. The van der Waals surface area contributed by atoms with Gasteiger partial charge in [0.25, 0.3) is 0 Å². The third kappa shape index (κ3) is 3.21. The molecule has 3 nitrogen and oxygen atoms in total. The van der Waals surface area contributed by atoms with Crippen molar-refractivity contribution in [2.75, 3.05) is 0 Å². The lowest BCUT2D eigenvalue weighted by Gasteiger charge is -2.30. The Morgan fingerprint density at radius 3 is 2.45 bits per heavy atom. The molecule has 1 heterocycles. The van der Waals surface area contributed by atoms with Gasteiger partial charge in [0.2, 0.25) is 0 Å². The Bertz CT molecular complexity index is 663. The zero-order valence-electron chi connectivity index (χ0n) is 12.6. The summed E-state index contributed by atoms with van der Waals surface area (Å²) in [6.07, 6.45) is 11.3. The molecule has 2 fully saturated rings. The average molecular weight is 317 g/mol. The molecule has 1 aromatic carbocycles. The molecule has 2 aliphatic rings. The Morgan fingerprint density at radius 2 is 1.73 bits per heavy atom. The highest BCUT2D eigenvalue weighted by atomic mass is 35.5. The van der Waals surface area contributed by atoms with Crippen LogP contribution in [0.2, 0.25) is 5.02 Å². The van der Waals surface area contributed by atoms with Gasteiger partial charge in [0.1, 0.15) is 5.75 Å². The minimum absolute atomic E-state index is 0.286. The molecule has 4 heteroatoms. The topological polar surface area (TPSA) is 34.1 Å². The summed E-state index contributed by atoms with van der Waals surface area (Å²) in [6, 6.07) is 7.46. The predicted molar refractivity (Wildman–Crippen MR) is 89.6 cm³/mol. The molecule has 2 aliphatic carbocycles. The lowest BCUT2D eigenvalue weighted by Crippen LogP contribution is -2.37. The van der Waals surface area contributed by atoms with Crippen LogP contribution >= 0.6 is 11.6 Å². The maximum absolute atomic E-state index is 6.36. The largest absolute Gasteiger partial charge is 0.489 e. The van der Waals surface area contributed by atoms with Crippen LogP contribution < -0.4 is 10.1 Å². The predicted octanol–water partition coefficient (Wildman–Crippen LogP) is 4.33. The van der Waals surface area contributed by atoms with Gasteiger partial charge in [-0.3, -0.25) is 4.98 Å². The number of benzene rings is 1. The van der Waals surface area contributed by atoms with Gasteiger partial charge < -0.3 is 10.1 Å². The van der Waals surface area contributed by atoms with E-state index in [9.17, 15) is 0 Å². The Balaban J connectivity index is 1.41. The minimum Gasteiger partial charge on any atom is -0.489 e. The first-order chi connectivity index (χ1) is 10.8. The van der Waals surface area contributed by atoms with Crippen LogP contribution in [-0.2, 0) is 0 Å². The van der Waals surface area contributed by atoms with Crippen LogP contribution in [0.4, 0.5) is 0 Å². The Hall–Kier alpha value is -1.32. The molecular formula is C18H21ClN2O. The summed E-state index contributed by atoms with van der Waals surface area (Å²) < 4.78 is 6.18. The number of nitrogens with one attached hydrogen (secondary N) is 1. The summed E-state index contributed by atoms with van der Waals surface area (Å²) >= 11 is 6.36. The van der Waals surface area contributed by atoms with E-state index in [0.717, 1.165) is 35.4 Å². The van der Waals surface area contributed by atoms with Crippen molar-refractivity contribution in [3.63, 3.8) is 0 Å². The van der Waals surface area contributed by atoms with E-state index < -0.39 is 0 Å². The molecule has 0 atom stereocenters. The van der Waals surface area contributed by atoms with Crippen molar-refractivity contribution in [1.82, 2.24) is 10.3 Å². The Morgan fingerprint density at radius 1 is 1.00 bits per heavy atom. The van der Waals surface area contributed by atoms with E-state index in [0.29, 0.717) is 11.1 Å². The van der Waals surface area contributed by atoms with E-state index in [2.05, 4.69) is 10.3 Å². The van der Waals surface area contributed by atoms with Crippen LogP contribution in [-0.4, -0.2) is 23.2 Å². The van der Waals surface area contributed by atoms with E-state index in [1.54, 1.807) is 6.20 Å². The third-order valence-electron chi connectivity index (χ3n) is 4.71. The highest BCUT2D eigenvalue weighted by Crippen LogP contribution is 2.33. The van der Waals surface area contributed by atoms with Gasteiger partial charge >= 0.3 is 0 Å². The molecule has 0 bridgehead atoms. The summed E-state index contributed by atoms with van der Waals surface area (Å²) in [5, 5.41) is 6.58. The Labute approximate surface area is 136 Å². The maximum Gasteiger partial charge on any atom is 0.138 e. The van der Waals surface area contributed by atoms with Gasteiger partial charge in [-0.05, 0) is 62.1 Å². The van der Waals surface area contributed by atoms with Gasteiger partial charge in [-0.2, -0.15) is 0 Å². The number of hydrogen-bond donors (Lipinski definition) is 1. The summed E-state index contributed by atoms with van der Waals surface area (Å²) in [5.74, 6) is 0.805. The van der Waals surface area contributed by atoms with E-state index in [4.69, 9.17) is 16.3 Å². The summed E-state index contributed by atoms with van der Waals surface area (Å²) in [4.78, 5) is 4.13. The van der Waals surface area contributed by atoms with Crippen molar-refractivity contribution < 1.29 is 4.74 Å². The summed E-state index contributed by atoms with van der Waals surface area (Å²) in [7, 11) is 0. The van der Waals surface area contributed by atoms with E-state index in [1.165, 1.54) is 25.7 Å². The molecule has 0 amide bonds. The number of rotatable bonds is 4. The number of fused-ring (bicyclic) bond motifs is 1. The third-order valence-corrected chi connectivity index (χ3v) is 5.00. The lowest BCUT2D eigenvalue weighted by atomic mass is 9.93. The van der Waals surface area contributed by atoms with Crippen LogP contribution in [0.25, 0.3) is 10.8 Å². The molecule has 22 heavy (non-hydrogen) atoms. The zero-order chi connectivity index (χ0) is 14.9. The highest BCUT2D eigenvalue weighted by Gasteiger charge is 2.28. The van der Waals surface area contributed by atoms with E-state index >= 15 is 0 Å². The second kappa shape index (κ2) is 6.05. The molecule has 0 spiro atoms. The van der Waals surface area contributed by atoms with E-state index in [-0.39, 0.29) is 6.10 Å². The number of pyridine rings is 1. The minimum atomic E-state index is 0.286. The fourth-order valence-electron chi connectivity index (χ4n) is 3.29. The standard InChI is InChI=1S/C18H21ClN2O/c19-17-9-13-11-20-8-7-12(13)10-18(17)22-16-5-3-15(4-6-16)21-14-1-2-14/h7-11,14-16,21H,1-6H2. The van der Waals surface area contributed by atoms with Crippen molar-refractivity contribution in [1.29, 1.82) is 0 Å². The molecule has 2 aromatic rings. The summed E-state index contributed by atoms with van der Waals surface area (Å²) in [5.41, 5.74) is 0. The SMILES string of the molecule is Clc1cc2cnccc2cc1OC1CCC(NC2CC2)CC1. The molecule has 0 saturated heterocycles. The zero-order valence-corrected chi connectivity index (χ0v) is 13.4. The molecule has 116 valence electrons. The van der Waals surface area contributed by atoms with Crippen LogP contribution in [0, 0.1) is 0 Å². The van der Waals surface area contributed by atoms with Gasteiger partial charge in [0.05, 0.1) is 11.1 Å². The first kappa shape index (κ1) is 14.3. The Kier molecular flexibility index (Phi) is 3.93. The number of hydrogen-bond acceptors (Lipinski definition) is 3. The molecule has 4 rings (SSSR count). The van der Waals surface area contributed by atoms with Crippen molar-refractivity contribution in [2.45, 2.75) is 56.7 Å². The number of nitrogens with zero attached hydrogens (tertiary/aromatic N) is 1. The van der Waals surface area contributed by atoms with Crippen LogP contribution in [0.3, 0.4) is 0 Å². The number of aromatic nitrogens is 1. The van der Waals surface area contributed by atoms with Gasteiger partial charge in [0.15, 0.2) is 0 Å². The average Bonchev–Trinajstić information content (AvgIpc) is 3.34. The fourth-order valence-corrected chi connectivity index (χ4v) is 3.50. The summed E-state index contributed by atoms with van der Waals surface area (Å²) in [6.45, 7) is 0. The molecule has 1 N–H and O–H groups in total. The number of halogens is 1. The second-order valence-electron chi connectivity index (χ2n) is 6.54. The molecule has 0 unspecified atom stereocenters. The first-order valence-electron chi connectivity index (χ1n) is 8.24. The van der Waals surface area contributed by atoms with Crippen LogP contribution in [0.5, 0.6) is 5.75 Å². The van der Waals surface area contributed by atoms with Crippen molar-refractivity contribution in [3.8, 4) is 5.75 Å². The highest BCUT2D eigenvalue weighted by molar-refractivity contribution is 6.32. The van der Waals surface area contributed by atoms with Gasteiger partial charge in [0, 0.05) is 29.9 Å². The quantitative estimate of drug-likeness (QED) is 0.911. The van der Waals surface area contributed by atoms with Crippen molar-refractivity contribution >= 4 is 22.4 Å². The van der Waals surface area contributed by atoms with Gasteiger partial charge in [-0.15, -0.1) is 0 Å². The molecule has 0 aliphatic heterocycles. The maximum atomic E-state index is 6.36. The van der Waals surface area contributed by atoms with Crippen LogP contribution in [0.15, 0.2) is 30.6 Å². The van der Waals surface area contributed by atoms with Crippen LogP contribution in [0.1, 0.15) is 38.5 Å². The normalized spacial score (nSPS) is 25.3. The first-order valence-corrected chi connectivity index (χ1v) is 8.62. The lowest BCUT2D eigenvalue weighted by molar-refractivity contribution is 0.139. The van der Waals surface area contributed by atoms with E-state index in [1.807, 2.05) is 24.4 Å². The number of ether oxygens (including phenoxy) is 1. The van der Waals surface area contributed by atoms with Gasteiger partial charge in [-0.1, -0.05) is 11.6 Å². The van der Waals surface area contributed by atoms with Gasteiger partial charge in [-0.25, -0.2) is 0 Å². The molecular weight excluding hydrogens is 296 g/mol. The van der Waals surface area contributed by atoms with Crippen molar-refractivity contribution in [3.05, 3.63) is 35.6 Å². The molecule has 1 aromatic heterocycles. The molecule has 2 saturated carbocycles. The fraction of sp³-hybridized carbons (Fsp3) is 0.500. The molecule has 0 radical (unpaired) electrons. The van der Waals surface area contributed by atoms with Crippen molar-refractivity contribution in [2.24, 2.45) is 0 Å². The second-order valence-corrected chi connectivity index (χ2v) is 6.95. The smallest absolute Gasteiger partial charge is 0.138 e.